The lowest BCUT2D eigenvalue weighted by Crippen LogP contribution is -2.36. The van der Waals surface area contributed by atoms with E-state index >= 15 is 0 Å². The van der Waals surface area contributed by atoms with Crippen LogP contribution in [0, 0.1) is 6.92 Å². The van der Waals surface area contributed by atoms with Gasteiger partial charge in [0.2, 0.25) is 0 Å². The number of rotatable bonds is 6. The summed E-state index contributed by atoms with van der Waals surface area (Å²) in [4.78, 5) is 32.2. The molecule has 1 aliphatic heterocycles. The van der Waals surface area contributed by atoms with Crippen LogP contribution in [0.2, 0.25) is 0 Å². The predicted molar refractivity (Wildman–Crippen MR) is 124 cm³/mol. The van der Waals surface area contributed by atoms with Crippen molar-refractivity contribution in [2.45, 2.75) is 30.0 Å². The van der Waals surface area contributed by atoms with Gasteiger partial charge in [-0.2, -0.15) is 0 Å². The smallest absolute Gasteiger partial charge is 0.328 e. The van der Waals surface area contributed by atoms with Crippen molar-refractivity contribution in [3.63, 3.8) is 0 Å². The Morgan fingerprint density at radius 2 is 1.88 bits per heavy atom. The van der Waals surface area contributed by atoms with Crippen molar-refractivity contribution in [3.05, 3.63) is 30.0 Å². The number of hydrogen-bond donors (Lipinski definition) is 1. The van der Waals surface area contributed by atoms with E-state index in [1.807, 2.05) is 17.0 Å². The number of benzene rings is 1. The van der Waals surface area contributed by atoms with Crippen LogP contribution in [-0.4, -0.2) is 70.5 Å². The molecule has 32 heavy (non-hydrogen) atoms. The summed E-state index contributed by atoms with van der Waals surface area (Å²) in [5, 5.41) is 3.05. The summed E-state index contributed by atoms with van der Waals surface area (Å²) in [6.07, 6.45) is 1.65. The molecule has 2 aromatic rings. The molecule has 12 heteroatoms. The molecule has 2 heterocycles. The van der Waals surface area contributed by atoms with Gasteiger partial charge in [-0.15, -0.1) is 0 Å². The molecule has 1 N–H and O–H groups in total. The first-order valence-electron chi connectivity index (χ1n) is 9.95. The molecule has 3 rings (SSSR count). The lowest BCUT2D eigenvalue weighted by molar-refractivity contribution is -0.141. The maximum atomic E-state index is 12.7. The second-order valence-electron chi connectivity index (χ2n) is 7.57. The van der Waals surface area contributed by atoms with Crippen LogP contribution in [0.3, 0.4) is 0 Å². The van der Waals surface area contributed by atoms with Crippen molar-refractivity contribution in [1.82, 2.24) is 9.29 Å². The average Bonchev–Trinajstić information content (AvgIpc) is 3.40. The van der Waals surface area contributed by atoms with E-state index in [0.29, 0.717) is 11.4 Å². The third-order valence-corrected chi connectivity index (χ3v) is 8.86. The summed E-state index contributed by atoms with van der Waals surface area (Å²) in [6.45, 7) is 2.36. The summed E-state index contributed by atoms with van der Waals surface area (Å²) < 4.78 is 30.9. The first-order chi connectivity index (χ1) is 15.1. The molecular formula is C20H27N5O5S2. The molecular weight excluding hydrogens is 454 g/mol. The van der Waals surface area contributed by atoms with Crippen LogP contribution in [-0.2, 0) is 19.6 Å². The second-order valence-corrected chi connectivity index (χ2v) is 10.9. The van der Waals surface area contributed by atoms with Gasteiger partial charge in [-0.05, 0) is 44.0 Å². The number of hydrogen-bond acceptors (Lipinski definition) is 8. The molecule has 1 fully saturated rings. The van der Waals surface area contributed by atoms with Crippen molar-refractivity contribution in [2.24, 2.45) is 0 Å². The van der Waals surface area contributed by atoms with E-state index in [0.717, 1.165) is 40.7 Å². The number of aromatic nitrogens is 1. The number of anilines is 3. The number of thiazole rings is 1. The van der Waals surface area contributed by atoms with Crippen molar-refractivity contribution in [2.75, 3.05) is 49.9 Å². The van der Waals surface area contributed by atoms with Crippen molar-refractivity contribution in [3.8, 4) is 0 Å². The Bertz CT molecular complexity index is 1100. The molecule has 0 aliphatic carbocycles. The van der Waals surface area contributed by atoms with Gasteiger partial charge >= 0.3 is 12.0 Å². The Kier molecular flexibility index (Phi) is 7.06. The number of esters is 1. The van der Waals surface area contributed by atoms with Gasteiger partial charge in [0.1, 0.15) is 6.04 Å². The van der Waals surface area contributed by atoms with Crippen LogP contribution in [0.5, 0.6) is 0 Å². The molecule has 0 spiro atoms. The normalized spacial score (nSPS) is 16.3. The molecule has 1 unspecified atom stereocenters. The zero-order valence-corrected chi connectivity index (χ0v) is 20.3. The highest BCUT2D eigenvalue weighted by molar-refractivity contribution is 7.91. The highest BCUT2D eigenvalue weighted by Gasteiger charge is 2.31. The van der Waals surface area contributed by atoms with Crippen LogP contribution in [0.25, 0.3) is 0 Å². The molecule has 174 valence electrons. The van der Waals surface area contributed by atoms with E-state index < -0.39 is 16.1 Å². The summed E-state index contributed by atoms with van der Waals surface area (Å²) >= 11 is 0.940. The number of amides is 2. The van der Waals surface area contributed by atoms with Crippen molar-refractivity contribution >= 4 is 49.9 Å². The highest BCUT2D eigenvalue weighted by Crippen LogP contribution is 2.31. The fourth-order valence-corrected chi connectivity index (χ4v) is 6.01. The fraction of sp³-hybridized carbons (Fsp3) is 0.450. The Hall–Kier alpha value is -2.70. The van der Waals surface area contributed by atoms with Gasteiger partial charge in [-0.1, -0.05) is 11.3 Å². The van der Waals surface area contributed by atoms with E-state index in [1.165, 1.54) is 33.2 Å². The number of aryl methyl sites for hydroxylation is 1. The van der Waals surface area contributed by atoms with Crippen LogP contribution in [0.4, 0.5) is 21.3 Å². The number of carbonyl (C=O) groups excluding carboxylic acids is 2. The number of ether oxygens (including phenoxy) is 1. The molecule has 1 atom stereocenters. The summed E-state index contributed by atoms with van der Waals surface area (Å²) in [5.74, 6) is -0.254. The van der Waals surface area contributed by atoms with Gasteiger partial charge in [-0.25, -0.2) is 27.3 Å². The first kappa shape index (κ1) is 24.0. The number of nitrogens with one attached hydrogen (secondary N) is 1. The average molecular weight is 482 g/mol. The fourth-order valence-electron chi connectivity index (χ4n) is 3.40. The molecule has 0 saturated carbocycles. The maximum Gasteiger partial charge on any atom is 0.328 e. The monoisotopic (exact) mass is 481 g/mol. The largest absolute Gasteiger partial charge is 0.467 e. The van der Waals surface area contributed by atoms with Gasteiger partial charge in [0.15, 0.2) is 9.34 Å². The van der Waals surface area contributed by atoms with Crippen LogP contribution in [0.1, 0.15) is 18.5 Å². The van der Waals surface area contributed by atoms with Crippen molar-refractivity contribution in [1.29, 1.82) is 0 Å². The lowest BCUT2D eigenvalue weighted by atomic mass is 10.2. The van der Waals surface area contributed by atoms with E-state index in [2.05, 4.69) is 10.3 Å². The molecule has 1 aromatic carbocycles. The van der Waals surface area contributed by atoms with Gasteiger partial charge < -0.3 is 15.0 Å². The van der Waals surface area contributed by atoms with Crippen LogP contribution >= 0.6 is 11.3 Å². The minimum atomic E-state index is -3.64. The number of urea groups is 1. The molecule has 0 radical (unpaired) electrons. The zero-order valence-electron chi connectivity index (χ0n) is 18.7. The quantitative estimate of drug-likeness (QED) is 0.631. The third-order valence-electron chi connectivity index (χ3n) is 5.23. The summed E-state index contributed by atoms with van der Waals surface area (Å²) in [6, 6.07) is 6.44. The molecule has 10 nitrogen and oxygen atoms in total. The third kappa shape index (κ3) is 4.71. The second kappa shape index (κ2) is 9.43. The van der Waals surface area contributed by atoms with E-state index in [4.69, 9.17) is 4.74 Å². The minimum absolute atomic E-state index is 0.104. The number of carbonyl (C=O) groups is 2. The van der Waals surface area contributed by atoms with Gasteiger partial charge in [0.25, 0.3) is 10.0 Å². The molecule has 2 amide bonds. The Morgan fingerprint density at radius 3 is 2.47 bits per heavy atom. The first-order valence-corrected chi connectivity index (χ1v) is 12.2. The topological polar surface area (TPSA) is 112 Å². The Morgan fingerprint density at radius 1 is 1.22 bits per heavy atom. The Balaban J connectivity index is 1.71. The molecule has 0 bridgehead atoms. The van der Waals surface area contributed by atoms with E-state index in [-0.39, 0.29) is 21.4 Å². The standard InChI is InChI=1S/C20H27N5O5S2/c1-13-18(32(28,29)23(2)3)31-20(21-13)24(4)19(27)22-14-8-10-15(11-9-14)25-12-6-7-16(25)17(26)30-5/h8-11,16H,6-7,12H2,1-5H3,(H,22,27). The minimum Gasteiger partial charge on any atom is -0.467 e. The lowest BCUT2D eigenvalue weighted by Gasteiger charge is -2.25. The maximum absolute atomic E-state index is 12.7. The Labute approximate surface area is 191 Å². The van der Waals surface area contributed by atoms with Crippen molar-refractivity contribution < 1.29 is 22.7 Å². The number of sulfonamides is 1. The van der Waals surface area contributed by atoms with Crippen LogP contribution in [0.15, 0.2) is 28.5 Å². The molecule has 1 saturated heterocycles. The SMILES string of the molecule is COC(=O)C1CCCN1c1ccc(NC(=O)N(C)c2nc(C)c(S(=O)(=O)N(C)C)s2)cc1. The van der Waals surface area contributed by atoms with Crippen LogP contribution < -0.4 is 15.1 Å². The predicted octanol–water partition coefficient (Wildman–Crippen LogP) is 2.51. The van der Waals surface area contributed by atoms with Gasteiger partial charge in [0.05, 0.1) is 12.8 Å². The number of methoxy groups -OCH3 is 1. The molecule has 1 aromatic heterocycles. The highest BCUT2D eigenvalue weighted by atomic mass is 32.2. The van der Waals surface area contributed by atoms with E-state index in [1.54, 1.807) is 19.1 Å². The zero-order chi connectivity index (χ0) is 23.6. The summed E-state index contributed by atoms with van der Waals surface area (Å²) in [7, 11) is 2.17. The van der Waals surface area contributed by atoms with Gasteiger partial charge in [0, 0.05) is 39.1 Å². The van der Waals surface area contributed by atoms with E-state index in [9.17, 15) is 18.0 Å². The molecule has 1 aliphatic rings. The van der Waals surface area contributed by atoms with Gasteiger partial charge in [-0.3, -0.25) is 4.90 Å². The number of nitrogens with zero attached hydrogens (tertiary/aromatic N) is 4. The summed E-state index contributed by atoms with van der Waals surface area (Å²) in [5.41, 5.74) is 1.78.